The Morgan fingerprint density at radius 1 is 1.07 bits per heavy atom. The van der Waals surface area contributed by atoms with Gasteiger partial charge in [0.15, 0.2) is 0 Å². The van der Waals surface area contributed by atoms with Gasteiger partial charge in [-0.25, -0.2) is 14.1 Å². The first-order valence-electron chi connectivity index (χ1n) is 9.60. The third-order valence-corrected chi connectivity index (χ3v) is 5.20. The van der Waals surface area contributed by atoms with Gasteiger partial charge in [-0.2, -0.15) is 19.7 Å². The Bertz CT molecular complexity index is 1140. The fourth-order valence-electron chi connectivity index (χ4n) is 3.74. The highest BCUT2D eigenvalue weighted by atomic mass is 19.1. The first-order valence-corrected chi connectivity index (χ1v) is 9.60. The zero-order valence-corrected chi connectivity index (χ0v) is 16.1. The SMILES string of the molecule is Cc1cc(N2CCN(Cc3cnn(-c4ccccc4F)c3)CC2)n2ncnc2n1. The van der Waals surface area contributed by atoms with E-state index in [0.29, 0.717) is 11.5 Å². The molecule has 0 radical (unpaired) electrons. The van der Waals surface area contributed by atoms with Crippen LogP contribution in [0, 0.1) is 12.7 Å². The van der Waals surface area contributed by atoms with Crippen molar-refractivity contribution in [3.8, 4) is 5.69 Å². The van der Waals surface area contributed by atoms with Crippen LogP contribution >= 0.6 is 0 Å². The number of aromatic nitrogens is 6. The second-order valence-electron chi connectivity index (χ2n) is 7.24. The number of halogens is 1. The van der Waals surface area contributed by atoms with E-state index in [-0.39, 0.29) is 5.82 Å². The number of hydrogen-bond donors (Lipinski definition) is 0. The van der Waals surface area contributed by atoms with Crippen molar-refractivity contribution in [1.82, 2.24) is 34.3 Å². The van der Waals surface area contributed by atoms with Crippen LogP contribution in [-0.2, 0) is 6.54 Å². The smallest absolute Gasteiger partial charge is 0.254 e. The molecule has 8 nitrogen and oxygen atoms in total. The Hall–Kier alpha value is -3.33. The lowest BCUT2D eigenvalue weighted by molar-refractivity contribution is 0.249. The average Bonchev–Trinajstić information content (AvgIpc) is 3.38. The van der Waals surface area contributed by atoms with Gasteiger partial charge in [0.25, 0.3) is 5.78 Å². The number of nitrogens with zero attached hydrogens (tertiary/aromatic N) is 8. The van der Waals surface area contributed by atoms with Crippen molar-refractivity contribution >= 4 is 11.6 Å². The van der Waals surface area contributed by atoms with Crippen LogP contribution < -0.4 is 4.90 Å². The second-order valence-corrected chi connectivity index (χ2v) is 7.24. The van der Waals surface area contributed by atoms with E-state index in [4.69, 9.17) is 0 Å². The summed E-state index contributed by atoms with van der Waals surface area (Å²) in [6.45, 7) is 6.38. The Labute approximate surface area is 167 Å². The van der Waals surface area contributed by atoms with Crippen LogP contribution in [-0.4, -0.2) is 60.4 Å². The molecule has 1 fully saturated rings. The molecule has 1 aromatic carbocycles. The monoisotopic (exact) mass is 392 g/mol. The Balaban J connectivity index is 1.26. The van der Waals surface area contributed by atoms with Gasteiger partial charge in [0.2, 0.25) is 0 Å². The standard InChI is InChI=1S/C20H21FN8/c1-15-10-19(29-20(25-15)22-14-24-29)27-8-6-26(7-9-27)12-16-11-23-28(13-16)18-5-3-2-4-17(18)21/h2-5,10-11,13-14H,6-9,12H2,1H3. The molecule has 29 heavy (non-hydrogen) atoms. The van der Waals surface area contributed by atoms with Gasteiger partial charge < -0.3 is 4.90 Å². The number of para-hydroxylation sites is 1. The van der Waals surface area contributed by atoms with Crippen molar-refractivity contribution in [2.24, 2.45) is 0 Å². The minimum absolute atomic E-state index is 0.275. The summed E-state index contributed by atoms with van der Waals surface area (Å²) >= 11 is 0. The van der Waals surface area contributed by atoms with E-state index in [1.54, 1.807) is 21.3 Å². The molecule has 0 N–H and O–H groups in total. The maximum atomic E-state index is 14.0. The molecule has 148 valence electrons. The van der Waals surface area contributed by atoms with Crippen LogP contribution in [0.25, 0.3) is 11.5 Å². The fraction of sp³-hybridized carbons (Fsp3) is 0.300. The molecule has 0 aliphatic carbocycles. The molecule has 0 bridgehead atoms. The molecule has 1 saturated heterocycles. The highest BCUT2D eigenvalue weighted by Crippen LogP contribution is 2.19. The van der Waals surface area contributed by atoms with Gasteiger partial charge in [-0.1, -0.05) is 12.1 Å². The van der Waals surface area contributed by atoms with E-state index in [0.717, 1.165) is 49.8 Å². The molecular weight excluding hydrogens is 371 g/mol. The van der Waals surface area contributed by atoms with E-state index in [1.165, 1.54) is 12.4 Å². The summed E-state index contributed by atoms with van der Waals surface area (Å²) in [4.78, 5) is 13.3. The van der Waals surface area contributed by atoms with Crippen LogP contribution in [0.1, 0.15) is 11.3 Å². The van der Waals surface area contributed by atoms with Crippen molar-refractivity contribution in [2.75, 3.05) is 31.1 Å². The van der Waals surface area contributed by atoms with Crippen molar-refractivity contribution in [1.29, 1.82) is 0 Å². The zero-order valence-electron chi connectivity index (χ0n) is 16.1. The van der Waals surface area contributed by atoms with Gasteiger partial charge in [0.1, 0.15) is 23.6 Å². The summed E-state index contributed by atoms with van der Waals surface area (Å²) in [6.07, 6.45) is 5.24. The van der Waals surface area contributed by atoms with Crippen molar-refractivity contribution in [3.05, 3.63) is 66.1 Å². The lowest BCUT2D eigenvalue weighted by atomic mass is 10.2. The number of aryl methyl sites for hydroxylation is 1. The molecule has 5 rings (SSSR count). The summed E-state index contributed by atoms with van der Waals surface area (Å²) in [6, 6.07) is 8.72. The number of benzene rings is 1. The third-order valence-electron chi connectivity index (χ3n) is 5.20. The van der Waals surface area contributed by atoms with Gasteiger partial charge >= 0.3 is 0 Å². The van der Waals surface area contributed by atoms with Gasteiger partial charge in [-0.3, -0.25) is 4.90 Å². The maximum Gasteiger partial charge on any atom is 0.254 e. The van der Waals surface area contributed by atoms with Crippen LogP contribution in [0.5, 0.6) is 0 Å². The van der Waals surface area contributed by atoms with Crippen molar-refractivity contribution in [3.63, 3.8) is 0 Å². The van der Waals surface area contributed by atoms with E-state index < -0.39 is 0 Å². The summed E-state index contributed by atoms with van der Waals surface area (Å²) < 4.78 is 17.4. The van der Waals surface area contributed by atoms with E-state index in [2.05, 4.69) is 36.0 Å². The number of fused-ring (bicyclic) bond motifs is 1. The second kappa shape index (κ2) is 7.25. The normalized spacial score (nSPS) is 15.3. The van der Waals surface area contributed by atoms with Crippen molar-refractivity contribution < 1.29 is 4.39 Å². The number of piperazine rings is 1. The van der Waals surface area contributed by atoms with Crippen LogP contribution in [0.15, 0.2) is 49.1 Å². The van der Waals surface area contributed by atoms with Gasteiger partial charge in [-0.05, 0) is 19.1 Å². The van der Waals surface area contributed by atoms with E-state index in [9.17, 15) is 4.39 Å². The van der Waals surface area contributed by atoms with E-state index in [1.807, 2.05) is 25.4 Å². The zero-order chi connectivity index (χ0) is 19.8. The molecule has 3 aromatic heterocycles. The highest BCUT2D eigenvalue weighted by molar-refractivity contribution is 5.47. The molecule has 9 heteroatoms. The van der Waals surface area contributed by atoms with Gasteiger partial charge in [0.05, 0.1) is 6.20 Å². The van der Waals surface area contributed by atoms with Crippen LogP contribution in [0.3, 0.4) is 0 Å². The molecule has 0 unspecified atom stereocenters. The van der Waals surface area contributed by atoms with Gasteiger partial charge in [0, 0.05) is 56.2 Å². The summed E-state index contributed by atoms with van der Waals surface area (Å²) in [5.74, 6) is 1.38. The number of anilines is 1. The minimum atomic E-state index is -0.275. The third kappa shape index (κ3) is 3.44. The van der Waals surface area contributed by atoms with Crippen LogP contribution in [0.4, 0.5) is 10.2 Å². The molecule has 1 aliphatic heterocycles. The minimum Gasteiger partial charge on any atom is -0.354 e. The largest absolute Gasteiger partial charge is 0.354 e. The average molecular weight is 392 g/mol. The van der Waals surface area contributed by atoms with E-state index >= 15 is 0 Å². The lowest BCUT2D eigenvalue weighted by Gasteiger charge is -2.35. The number of hydrogen-bond acceptors (Lipinski definition) is 6. The van der Waals surface area contributed by atoms with Gasteiger partial charge in [-0.15, -0.1) is 0 Å². The summed E-state index contributed by atoms with van der Waals surface area (Å²) in [7, 11) is 0. The first kappa shape index (κ1) is 17.7. The highest BCUT2D eigenvalue weighted by Gasteiger charge is 2.21. The molecule has 4 heterocycles. The van der Waals surface area contributed by atoms with Crippen molar-refractivity contribution in [2.45, 2.75) is 13.5 Å². The predicted molar refractivity (Wildman–Crippen MR) is 107 cm³/mol. The molecule has 1 aliphatic rings. The fourth-order valence-corrected chi connectivity index (χ4v) is 3.74. The Kier molecular flexibility index (Phi) is 4.44. The quantitative estimate of drug-likeness (QED) is 0.530. The topological polar surface area (TPSA) is 67.4 Å². The molecule has 0 spiro atoms. The first-order chi connectivity index (χ1) is 14.2. The summed E-state index contributed by atoms with van der Waals surface area (Å²) in [5.41, 5.74) is 2.47. The predicted octanol–water partition coefficient (Wildman–Crippen LogP) is 2.08. The van der Waals surface area contributed by atoms with Crippen LogP contribution in [0.2, 0.25) is 0 Å². The Morgan fingerprint density at radius 2 is 1.90 bits per heavy atom. The molecule has 0 saturated carbocycles. The number of rotatable bonds is 4. The molecule has 0 atom stereocenters. The summed E-state index contributed by atoms with van der Waals surface area (Å²) in [5, 5.41) is 8.63. The Morgan fingerprint density at radius 3 is 2.72 bits per heavy atom. The molecule has 0 amide bonds. The maximum absolute atomic E-state index is 14.0. The molecule has 4 aromatic rings. The molecular formula is C20H21FN8. The lowest BCUT2D eigenvalue weighted by Crippen LogP contribution is -2.46.